The first-order valence-corrected chi connectivity index (χ1v) is 6.62. The quantitative estimate of drug-likeness (QED) is 0.703. The van der Waals surface area contributed by atoms with Gasteiger partial charge in [-0.15, -0.1) is 5.10 Å². The second-order valence-electron chi connectivity index (χ2n) is 3.80. The number of ether oxygens (including phenoxy) is 2. The molecule has 1 rings (SSSR count). The predicted molar refractivity (Wildman–Crippen MR) is 65.4 cm³/mol. The summed E-state index contributed by atoms with van der Waals surface area (Å²) >= 11 is 1.12. The highest BCUT2D eigenvalue weighted by atomic mass is 32.1. The van der Waals surface area contributed by atoms with Crippen LogP contribution in [0.25, 0.3) is 0 Å². The number of carbonyl (C=O) groups excluding carboxylic acids is 1. The molecule has 1 atom stereocenters. The summed E-state index contributed by atoms with van der Waals surface area (Å²) in [5, 5.41) is 8.19. The highest BCUT2D eigenvalue weighted by Crippen LogP contribution is 2.19. The first kappa shape index (κ1) is 13.9. The van der Waals surface area contributed by atoms with Crippen molar-refractivity contribution in [3.63, 3.8) is 0 Å². The molecule has 0 saturated heterocycles. The largest absolute Gasteiger partial charge is 0.469 e. The molecule has 0 amide bonds. The standard InChI is InChI=1S/C11H18N2O3S/c1-4-6-8(3)7-16-11-13-12-9(17-11)10(14)15-5-2/h8H,4-7H2,1-3H3. The van der Waals surface area contributed by atoms with Crippen LogP contribution in [-0.2, 0) is 4.74 Å². The molecule has 0 aliphatic rings. The average Bonchev–Trinajstić information content (AvgIpc) is 2.76. The Labute approximate surface area is 105 Å². The van der Waals surface area contributed by atoms with Gasteiger partial charge in [0.25, 0.3) is 5.19 Å². The van der Waals surface area contributed by atoms with Crippen molar-refractivity contribution in [3.8, 4) is 5.19 Å². The third-order valence-electron chi connectivity index (χ3n) is 2.13. The van der Waals surface area contributed by atoms with E-state index in [1.54, 1.807) is 6.92 Å². The molecular weight excluding hydrogens is 240 g/mol. The summed E-state index contributed by atoms with van der Waals surface area (Å²) in [7, 11) is 0. The van der Waals surface area contributed by atoms with Gasteiger partial charge in [0.05, 0.1) is 13.2 Å². The SMILES string of the molecule is CCCC(C)COc1nnc(C(=O)OCC)s1. The van der Waals surface area contributed by atoms with Crippen LogP contribution in [0.5, 0.6) is 5.19 Å². The zero-order chi connectivity index (χ0) is 12.7. The monoisotopic (exact) mass is 258 g/mol. The van der Waals surface area contributed by atoms with Gasteiger partial charge in [0.1, 0.15) is 0 Å². The molecule has 6 heteroatoms. The minimum atomic E-state index is -0.443. The van der Waals surface area contributed by atoms with E-state index >= 15 is 0 Å². The number of hydrogen-bond donors (Lipinski definition) is 0. The summed E-state index contributed by atoms with van der Waals surface area (Å²) in [6, 6.07) is 0. The number of nitrogens with zero attached hydrogens (tertiary/aromatic N) is 2. The van der Waals surface area contributed by atoms with Crippen molar-refractivity contribution < 1.29 is 14.3 Å². The van der Waals surface area contributed by atoms with Gasteiger partial charge in [0, 0.05) is 0 Å². The van der Waals surface area contributed by atoms with Gasteiger partial charge in [-0.05, 0) is 30.6 Å². The van der Waals surface area contributed by atoms with E-state index < -0.39 is 5.97 Å². The Kier molecular flexibility index (Phi) is 5.90. The van der Waals surface area contributed by atoms with Crippen molar-refractivity contribution in [2.24, 2.45) is 5.92 Å². The molecular formula is C11H18N2O3S. The van der Waals surface area contributed by atoms with Crippen LogP contribution in [0.1, 0.15) is 43.4 Å². The van der Waals surface area contributed by atoms with Crippen LogP contribution >= 0.6 is 11.3 Å². The van der Waals surface area contributed by atoms with E-state index in [1.165, 1.54) is 0 Å². The maximum Gasteiger partial charge on any atom is 0.369 e. The van der Waals surface area contributed by atoms with Crippen molar-refractivity contribution in [2.75, 3.05) is 13.2 Å². The normalized spacial score (nSPS) is 12.2. The van der Waals surface area contributed by atoms with Crippen LogP contribution in [0.3, 0.4) is 0 Å². The lowest BCUT2D eigenvalue weighted by molar-refractivity contribution is 0.0525. The molecule has 0 aliphatic heterocycles. The molecule has 1 aromatic rings. The summed E-state index contributed by atoms with van der Waals surface area (Å²) in [6.45, 7) is 6.95. The fourth-order valence-electron chi connectivity index (χ4n) is 1.33. The molecule has 0 radical (unpaired) electrons. The Morgan fingerprint density at radius 3 is 2.82 bits per heavy atom. The summed E-state index contributed by atoms with van der Waals surface area (Å²) < 4.78 is 10.3. The zero-order valence-corrected chi connectivity index (χ0v) is 11.2. The molecule has 0 fully saturated rings. The Morgan fingerprint density at radius 1 is 1.41 bits per heavy atom. The summed E-state index contributed by atoms with van der Waals surface area (Å²) in [4.78, 5) is 11.3. The van der Waals surface area contributed by atoms with Gasteiger partial charge < -0.3 is 9.47 Å². The minimum absolute atomic E-state index is 0.241. The molecule has 0 N–H and O–H groups in total. The zero-order valence-electron chi connectivity index (χ0n) is 10.4. The Morgan fingerprint density at radius 2 is 2.18 bits per heavy atom. The molecule has 96 valence electrons. The minimum Gasteiger partial charge on any atom is -0.469 e. The van der Waals surface area contributed by atoms with E-state index in [1.807, 2.05) is 0 Å². The van der Waals surface area contributed by atoms with Crippen molar-refractivity contribution in [2.45, 2.75) is 33.6 Å². The van der Waals surface area contributed by atoms with Gasteiger partial charge in [-0.1, -0.05) is 25.4 Å². The van der Waals surface area contributed by atoms with Gasteiger partial charge >= 0.3 is 5.97 Å². The number of carbonyl (C=O) groups is 1. The Balaban J connectivity index is 2.43. The second-order valence-corrected chi connectivity index (χ2v) is 4.74. The Bertz CT molecular complexity index is 354. The summed E-state index contributed by atoms with van der Waals surface area (Å²) in [6.07, 6.45) is 2.25. The Hall–Kier alpha value is -1.17. The molecule has 5 nitrogen and oxygen atoms in total. The predicted octanol–water partition coefficient (Wildman–Crippen LogP) is 2.53. The molecule has 0 spiro atoms. The molecule has 0 saturated carbocycles. The molecule has 1 unspecified atom stereocenters. The van der Waals surface area contributed by atoms with Crippen LogP contribution in [0, 0.1) is 5.92 Å². The maximum atomic E-state index is 11.3. The maximum absolute atomic E-state index is 11.3. The summed E-state index contributed by atoms with van der Waals surface area (Å²) in [5.41, 5.74) is 0. The van der Waals surface area contributed by atoms with Gasteiger partial charge in [-0.25, -0.2) is 4.79 Å². The van der Waals surface area contributed by atoms with Gasteiger partial charge in [0.2, 0.25) is 5.01 Å². The molecule has 1 heterocycles. The van der Waals surface area contributed by atoms with E-state index in [9.17, 15) is 4.79 Å². The highest BCUT2D eigenvalue weighted by molar-refractivity contribution is 7.14. The fraction of sp³-hybridized carbons (Fsp3) is 0.727. The van der Waals surface area contributed by atoms with Gasteiger partial charge in [0.15, 0.2) is 0 Å². The van der Waals surface area contributed by atoms with E-state index in [0.29, 0.717) is 24.3 Å². The third kappa shape index (κ3) is 4.68. The first-order chi connectivity index (χ1) is 8.17. The van der Waals surface area contributed by atoms with Crippen molar-refractivity contribution in [1.29, 1.82) is 0 Å². The van der Waals surface area contributed by atoms with E-state index in [-0.39, 0.29) is 5.01 Å². The molecule has 0 aliphatic carbocycles. The smallest absolute Gasteiger partial charge is 0.369 e. The number of hydrogen-bond acceptors (Lipinski definition) is 6. The molecule has 1 aromatic heterocycles. The average molecular weight is 258 g/mol. The molecule has 0 aromatic carbocycles. The number of rotatable bonds is 7. The van der Waals surface area contributed by atoms with Gasteiger partial charge in [-0.3, -0.25) is 0 Å². The third-order valence-corrected chi connectivity index (χ3v) is 2.95. The number of esters is 1. The van der Waals surface area contributed by atoms with Crippen LogP contribution < -0.4 is 4.74 Å². The topological polar surface area (TPSA) is 61.3 Å². The van der Waals surface area contributed by atoms with Crippen molar-refractivity contribution >= 4 is 17.3 Å². The lowest BCUT2D eigenvalue weighted by Gasteiger charge is -2.08. The van der Waals surface area contributed by atoms with Crippen LogP contribution in [0.15, 0.2) is 0 Å². The van der Waals surface area contributed by atoms with E-state index in [2.05, 4.69) is 24.0 Å². The van der Waals surface area contributed by atoms with Crippen LogP contribution in [-0.4, -0.2) is 29.4 Å². The summed E-state index contributed by atoms with van der Waals surface area (Å²) in [5.74, 6) is 0.0383. The van der Waals surface area contributed by atoms with Crippen molar-refractivity contribution in [3.05, 3.63) is 5.01 Å². The highest BCUT2D eigenvalue weighted by Gasteiger charge is 2.14. The first-order valence-electron chi connectivity index (χ1n) is 5.80. The fourth-order valence-corrected chi connectivity index (χ4v) is 1.93. The van der Waals surface area contributed by atoms with Crippen LogP contribution in [0.4, 0.5) is 0 Å². The van der Waals surface area contributed by atoms with Gasteiger partial charge in [-0.2, -0.15) is 0 Å². The second kappa shape index (κ2) is 7.21. The van der Waals surface area contributed by atoms with Crippen LogP contribution in [0.2, 0.25) is 0 Å². The van der Waals surface area contributed by atoms with E-state index in [0.717, 1.165) is 24.2 Å². The lowest BCUT2D eigenvalue weighted by atomic mass is 10.1. The van der Waals surface area contributed by atoms with Crippen molar-refractivity contribution in [1.82, 2.24) is 10.2 Å². The molecule has 17 heavy (non-hydrogen) atoms. The lowest BCUT2D eigenvalue weighted by Crippen LogP contribution is -2.07. The number of aromatic nitrogens is 2. The molecule has 0 bridgehead atoms. The van der Waals surface area contributed by atoms with E-state index in [4.69, 9.17) is 9.47 Å².